The summed E-state index contributed by atoms with van der Waals surface area (Å²) >= 11 is 9.93. The lowest BCUT2D eigenvalue weighted by Gasteiger charge is -2.11. The monoisotopic (exact) mass is 466 g/mol. The number of benzene rings is 2. The summed E-state index contributed by atoms with van der Waals surface area (Å²) in [5, 5.41) is 11.8. The predicted octanol–water partition coefficient (Wildman–Crippen LogP) is 6.27. The Labute approximate surface area is 185 Å². The van der Waals surface area contributed by atoms with Crippen molar-refractivity contribution in [3.8, 4) is 0 Å². The molecule has 2 aromatic carbocycles. The number of carbonyl (C=O) groups is 1. The van der Waals surface area contributed by atoms with E-state index in [1.165, 1.54) is 47.4 Å². The number of rotatable bonds is 8. The average molecular weight is 467 g/mol. The van der Waals surface area contributed by atoms with Crippen LogP contribution < -0.4 is 0 Å². The van der Waals surface area contributed by atoms with Crippen LogP contribution >= 0.6 is 46.9 Å². The largest absolute Gasteiger partial charge is 0.477 e. The van der Waals surface area contributed by atoms with E-state index in [0.29, 0.717) is 31.7 Å². The molecule has 0 aliphatic heterocycles. The highest BCUT2D eigenvalue weighted by atomic mass is 35.5. The molecule has 1 heterocycles. The van der Waals surface area contributed by atoms with E-state index in [1.807, 2.05) is 18.4 Å². The van der Waals surface area contributed by atoms with E-state index in [9.17, 15) is 14.3 Å². The molecule has 0 amide bonds. The number of aromatic carboxylic acids is 1. The summed E-state index contributed by atoms with van der Waals surface area (Å²) in [4.78, 5) is 20.8. The number of hydrogen-bond donors (Lipinski definition) is 1. The fourth-order valence-electron chi connectivity index (χ4n) is 2.35. The van der Waals surface area contributed by atoms with Gasteiger partial charge in [0.2, 0.25) is 0 Å². The predicted molar refractivity (Wildman–Crippen MR) is 118 cm³/mol. The summed E-state index contributed by atoms with van der Waals surface area (Å²) < 4.78 is 13.1. The first kappa shape index (κ1) is 22.0. The maximum Gasteiger partial charge on any atom is 0.341 e. The quantitative estimate of drug-likeness (QED) is 0.238. The Kier molecular flexibility index (Phi) is 7.83. The maximum absolute atomic E-state index is 13.1. The van der Waals surface area contributed by atoms with E-state index in [2.05, 4.69) is 9.97 Å². The smallest absolute Gasteiger partial charge is 0.341 e. The standard InChI is InChI=1S/C20H16ClFN2O2S3/c1-27-20-23-17(28-10-12-2-6-14(21)7-3-12)16(19(25)26)18(24-20)29-11-13-4-8-15(22)9-5-13/h2-9H,10-11H2,1H3,(H,25,26). The average Bonchev–Trinajstić information content (AvgIpc) is 2.72. The summed E-state index contributed by atoms with van der Waals surface area (Å²) in [6.07, 6.45) is 1.85. The zero-order chi connectivity index (χ0) is 20.8. The summed E-state index contributed by atoms with van der Waals surface area (Å²) in [6.45, 7) is 0. The molecule has 0 unspecified atom stereocenters. The zero-order valence-corrected chi connectivity index (χ0v) is 18.5. The Morgan fingerprint density at radius 2 is 1.45 bits per heavy atom. The van der Waals surface area contributed by atoms with Gasteiger partial charge in [-0.15, -0.1) is 23.5 Å². The highest BCUT2D eigenvalue weighted by Crippen LogP contribution is 2.34. The fourth-order valence-corrected chi connectivity index (χ4v) is 4.97. The highest BCUT2D eigenvalue weighted by molar-refractivity contribution is 7.99. The van der Waals surface area contributed by atoms with Gasteiger partial charge in [-0.1, -0.05) is 47.6 Å². The third-order valence-corrected chi connectivity index (χ3v) is 6.69. The molecule has 3 rings (SSSR count). The van der Waals surface area contributed by atoms with Gasteiger partial charge >= 0.3 is 5.97 Å². The van der Waals surface area contributed by atoms with Crippen LogP contribution in [0.25, 0.3) is 0 Å². The number of halogens is 2. The second-order valence-electron chi connectivity index (χ2n) is 5.83. The van der Waals surface area contributed by atoms with Crippen molar-refractivity contribution in [1.82, 2.24) is 9.97 Å². The Morgan fingerprint density at radius 1 is 0.966 bits per heavy atom. The molecular formula is C20H16ClFN2O2S3. The molecule has 0 bridgehead atoms. The minimum absolute atomic E-state index is 0.0916. The molecule has 1 aromatic heterocycles. The molecule has 0 atom stereocenters. The van der Waals surface area contributed by atoms with Crippen LogP contribution in [0.3, 0.4) is 0 Å². The van der Waals surface area contributed by atoms with Crippen LogP contribution in [0.4, 0.5) is 4.39 Å². The second-order valence-corrected chi connectivity index (χ2v) is 8.97. The van der Waals surface area contributed by atoms with E-state index < -0.39 is 5.97 Å². The van der Waals surface area contributed by atoms with Gasteiger partial charge in [-0.2, -0.15) is 0 Å². The Morgan fingerprint density at radius 3 is 1.90 bits per heavy atom. The Bertz CT molecular complexity index is 931. The van der Waals surface area contributed by atoms with Crippen molar-refractivity contribution in [3.63, 3.8) is 0 Å². The van der Waals surface area contributed by atoms with Crippen LogP contribution in [0.15, 0.2) is 63.7 Å². The van der Waals surface area contributed by atoms with Crippen molar-refractivity contribution in [2.45, 2.75) is 26.7 Å². The van der Waals surface area contributed by atoms with Gasteiger partial charge in [0.05, 0.1) is 0 Å². The van der Waals surface area contributed by atoms with Gasteiger partial charge in [0.15, 0.2) is 5.16 Å². The van der Waals surface area contributed by atoms with Crippen molar-refractivity contribution in [2.75, 3.05) is 6.26 Å². The van der Waals surface area contributed by atoms with Gasteiger partial charge in [0, 0.05) is 16.5 Å². The van der Waals surface area contributed by atoms with Gasteiger partial charge < -0.3 is 5.11 Å². The molecule has 9 heteroatoms. The van der Waals surface area contributed by atoms with Crippen LogP contribution in [0, 0.1) is 5.82 Å². The molecule has 29 heavy (non-hydrogen) atoms. The van der Waals surface area contributed by atoms with Crippen molar-refractivity contribution in [3.05, 3.63) is 76.1 Å². The molecule has 4 nitrogen and oxygen atoms in total. The number of hydrogen-bond acceptors (Lipinski definition) is 6. The molecule has 0 aliphatic carbocycles. The lowest BCUT2D eigenvalue weighted by molar-refractivity contribution is 0.0686. The number of thioether (sulfide) groups is 3. The number of carboxylic acids is 1. The summed E-state index contributed by atoms with van der Waals surface area (Å²) in [5.74, 6) is -0.341. The van der Waals surface area contributed by atoms with E-state index in [1.54, 1.807) is 24.3 Å². The zero-order valence-electron chi connectivity index (χ0n) is 15.3. The lowest BCUT2D eigenvalue weighted by Crippen LogP contribution is -2.07. The van der Waals surface area contributed by atoms with Crippen molar-refractivity contribution < 1.29 is 14.3 Å². The van der Waals surface area contributed by atoms with Crippen molar-refractivity contribution in [1.29, 1.82) is 0 Å². The van der Waals surface area contributed by atoms with Crippen LogP contribution in [0.5, 0.6) is 0 Å². The molecule has 0 radical (unpaired) electrons. The van der Waals surface area contributed by atoms with Crippen molar-refractivity contribution >= 4 is 52.9 Å². The Balaban J connectivity index is 1.86. The normalized spacial score (nSPS) is 10.9. The highest BCUT2D eigenvalue weighted by Gasteiger charge is 2.21. The fraction of sp³-hybridized carbons (Fsp3) is 0.150. The van der Waals surface area contributed by atoms with E-state index in [4.69, 9.17) is 11.6 Å². The first-order valence-electron chi connectivity index (χ1n) is 8.40. The third kappa shape index (κ3) is 6.12. The van der Waals surface area contributed by atoms with Crippen LogP contribution in [-0.2, 0) is 11.5 Å². The van der Waals surface area contributed by atoms with Crippen LogP contribution in [0.1, 0.15) is 21.5 Å². The molecule has 0 spiro atoms. The molecule has 0 aliphatic rings. The van der Waals surface area contributed by atoms with E-state index >= 15 is 0 Å². The van der Waals surface area contributed by atoms with Gasteiger partial charge in [0.25, 0.3) is 0 Å². The SMILES string of the molecule is CSc1nc(SCc2ccc(F)cc2)c(C(=O)O)c(SCc2ccc(Cl)cc2)n1. The number of carboxylic acid groups (broad SMARTS) is 1. The molecular weight excluding hydrogens is 451 g/mol. The first-order valence-corrected chi connectivity index (χ1v) is 12.0. The van der Waals surface area contributed by atoms with Gasteiger partial charge in [-0.3, -0.25) is 0 Å². The Hall–Kier alpha value is -1.74. The summed E-state index contributed by atoms with van der Waals surface area (Å²) in [7, 11) is 0. The first-order chi connectivity index (χ1) is 14.0. The molecule has 150 valence electrons. The van der Waals surface area contributed by atoms with Gasteiger partial charge in [-0.05, 0) is 41.6 Å². The topological polar surface area (TPSA) is 63.1 Å². The number of aromatic nitrogens is 2. The molecule has 0 saturated heterocycles. The minimum atomic E-state index is -1.07. The summed E-state index contributed by atoms with van der Waals surface area (Å²) in [6, 6.07) is 13.5. The number of nitrogens with zero attached hydrogens (tertiary/aromatic N) is 2. The van der Waals surface area contributed by atoms with Crippen LogP contribution in [0.2, 0.25) is 5.02 Å². The third-order valence-electron chi connectivity index (χ3n) is 3.80. The summed E-state index contributed by atoms with van der Waals surface area (Å²) in [5.41, 5.74) is 1.99. The minimum Gasteiger partial charge on any atom is -0.477 e. The van der Waals surface area contributed by atoms with E-state index in [0.717, 1.165) is 11.1 Å². The lowest BCUT2D eigenvalue weighted by atomic mass is 10.2. The van der Waals surface area contributed by atoms with Crippen LogP contribution in [-0.4, -0.2) is 27.3 Å². The second kappa shape index (κ2) is 10.3. The van der Waals surface area contributed by atoms with E-state index in [-0.39, 0.29) is 11.4 Å². The molecule has 0 fully saturated rings. The van der Waals surface area contributed by atoms with Gasteiger partial charge in [-0.25, -0.2) is 19.2 Å². The van der Waals surface area contributed by atoms with Gasteiger partial charge in [0.1, 0.15) is 21.4 Å². The molecule has 0 saturated carbocycles. The molecule has 3 aromatic rings. The maximum atomic E-state index is 13.1. The molecule has 1 N–H and O–H groups in total. The van der Waals surface area contributed by atoms with Crippen molar-refractivity contribution in [2.24, 2.45) is 0 Å².